The van der Waals surface area contributed by atoms with Crippen molar-refractivity contribution in [1.82, 2.24) is 10.2 Å². The molecule has 2 saturated heterocycles. The monoisotopic (exact) mass is 571 g/mol. The van der Waals surface area contributed by atoms with Crippen molar-refractivity contribution >= 4 is 23.4 Å². The van der Waals surface area contributed by atoms with E-state index in [2.05, 4.69) is 10.6 Å². The van der Waals surface area contributed by atoms with E-state index in [0.29, 0.717) is 34.7 Å². The van der Waals surface area contributed by atoms with Gasteiger partial charge in [0.1, 0.15) is 5.54 Å². The predicted molar refractivity (Wildman–Crippen MR) is 153 cm³/mol. The first-order valence-electron chi connectivity index (χ1n) is 14.0. The van der Waals surface area contributed by atoms with Crippen molar-refractivity contribution in [3.8, 4) is 23.0 Å². The van der Waals surface area contributed by atoms with Crippen LogP contribution < -0.4 is 20.1 Å². The first kappa shape index (κ1) is 27.6. The van der Waals surface area contributed by atoms with Gasteiger partial charge in [0.25, 0.3) is 0 Å². The zero-order chi connectivity index (χ0) is 29.8. The fraction of sp³-hybridized carbons (Fsp3) is 0.344. The number of amides is 3. The van der Waals surface area contributed by atoms with Crippen LogP contribution in [0.3, 0.4) is 0 Å². The van der Waals surface area contributed by atoms with Crippen LogP contribution in [0.5, 0.6) is 23.0 Å². The van der Waals surface area contributed by atoms with Gasteiger partial charge in [-0.15, -0.1) is 0 Å². The minimum absolute atomic E-state index is 0.145. The summed E-state index contributed by atoms with van der Waals surface area (Å²) in [6.07, 6.45) is 1.40. The molecule has 6 rings (SSSR count). The molecule has 218 valence electrons. The van der Waals surface area contributed by atoms with Gasteiger partial charge in [-0.25, -0.2) is 0 Å². The number of aryl methyl sites for hydroxylation is 1. The Kier molecular flexibility index (Phi) is 6.81. The molecule has 4 atom stereocenters. The molecule has 0 radical (unpaired) electrons. The van der Waals surface area contributed by atoms with Crippen LogP contribution in [-0.2, 0) is 39.2 Å². The lowest BCUT2D eigenvalue weighted by Gasteiger charge is -2.30. The number of carbonyl (C=O) groups is 3. The molecule has 3 heterocycles. The molecule has 10 heteroatoms. The van der Waals surface area contributed by atoms with Gasteiger partial charge in [-0.3, -0.25) is 24.6 Å². The van der Waals surface area contributed by atoms with Gasteiger partial charge in [-0.1, -0.05) is 31.2 Å². The number of nitrogens with zero attached hydrogens (tertiary/aromatic N) is 1. The van der Waals surface area contributed by atoms with Gasteiger partial charge in [-0.05, 0) is 66.3 Å². The molecule has 1 spiro atoms. The van der Waals surface area contributed by atoms with Crippen LogP contribution in [-0.4, -0.2) is 59.6 Å². The minimum atomic E-state index is -1.42. The fourth-order valence-electron chi connectivity index (χ4n) is 6.75. The molecule has 10 nitrogen and oxygen atoms in total. The van der Waals surface area contributed by atoms with Gasteiger partial charge < -0.3 is 25.0 Å². The summed E-state index contributed by atoms with van der Waals surface area (Å²) in [7, 11) is 3.10. The average molecular weight is 572 g/mol. The highest BCUT2D eigenvalue weighted by atomic mass is 16.5. The zero-order valence-corrected chi connectivity index (χ0v) is 23.6. The summed E-state index contributed by atoms with van der Waals surface area (Å²) < 4.78 is 10.7. The highest BCUT2D eigenvalue weighted by molar-refractivity contribution is 6.15. The summed E-state index contributed by atoms with van der Waals surface area (Å²) in [6.45, 7) is 2.16. The smallest absolute Gasteiger partial charge is 0.250 e. The number of methoxy groups -OCH3 is 2. The molecule has 4 N–H and O–H groups in total. The maximum absolute atomic E-state index is 14.2. The Hall–Kier alpha value is -4.57. The molecule has 3 aromatic rings. The standard InChI is InChI=1S/C32H33N3O7/c1-4-17-5-8-21-20(13-17)32(31(40)33-21)28-27(22(34-32)14-19-6-9-23(36)24(37)15-19)29(38)35(30(28)39)12-11-18-7-10-25(41-2)26(16-18)42-3/h5-10,13,15-16,22,27-28,34,36-37H,4,11-12,14H2,1-3H3,(H,33,40)/t22-,27+,28+,32+/m0/s1. The van der Waals surface area contributed by atoms with E-state index in [0.717, 1.165) is 17.5 Å². The van der Waals surface area contributed by atoms with E-state index in [4.69, 9.17) is 9.47 Å². The summed E-state index contributed by atoms with van der Waals surface area (Å²) in [5.74, 6) is -2.24. The molecule has 3 aromatic carbocycles. The van der Waals surface area contributed by atoms with E-state index in [9.17, 15) is 24.6 Å². The number of phenols is 2. The Morgan fingerprint density at radius 3 is 2.31 bits per heavy atom. The first-order valence-corrected chi connectivity index (χ1v) is 14.0. The predicted octanol–water partition coefficient (Wildman–Crippen LogP) is 2.88. The Labute approximate surface area is 243 Å². The number of imide groups is 1. The molecular formula is C32H33N3O7. The summed E-state index contributed by atoms with van der Waals surface area (Å²) in [6, 6.07) is 15.1. The van der Waals surface area contributed by atoms with Gasteiger partial charge in [-0.2, -0.15) is 0 Å². The Balaban J connectivity index is 1.37. The molecule has 3 amide bonds. The van der Waals surface area contributed by atoms with Crippen molar-refractivity contribution in [2.45, 2.75) is 37.8 Å². The van der Waals surface area contributed by atoms with Gasteiger partial charge >= 0.3 is 0 Å². The molecule has 2 fully saturated rings. The van der Waals surface area contributed by atoms with Crippen molar-refractivity contribution in [2.75, 3.05) is 26.1 Å². The van der Waals surface area contributed by atoms with E-state index in [-0.39, 0.29) is 42.2 Å². The van der Waals surface area contributed by atoms with Crippen molar-refractivity contribution in [3.05, 3.63) is 76.9 Å². The van der Waals surface area contributed by atoms with E-state index >= 15 is 0 Å². The van der Waals surface area contributed by atoms with Crippen LogP contribution in [0, 0.1) is 11.8 Å². The van der Waals surface area contributed by atoms with Crippen LogP contribution in [0.25, 0.3) is 0 Å². The summed E-state index contributed by atoms with van der Waals surface area (Å²) in [5, 5.41) is 26.3. The lowest BCUT2D eigenvalue weighted by atomic mass is 9.76. The van der Waals surface area contributed by atoms with E-state index < -0.39 is 23.4 Å². The van der Waals surface area contributed by atoms with Crippen molar-refractivity contribution < 1.29 is 34.1 Å². The number of benzene rings is 3. The van der Waals surface area contributed by atoms with Crippen molar-refractivity contribution in [3.63, 3.8) is 0 Å². The second-order valence-electron chi connectivity index (χ2n) is 11.0. The molecule has 0 bridgehead atoms. The van der Waals surface area contributed by atoms with Crippen LogP contribution in [0.2, 0.25) is 0 Å². The van der Waals surface area contributed by atoms with E-state index in [1.807, 2.05) is 37.3 Å². The number of aromatic hydroxyl groups is 2. The van der Waals surface area contributed by atoms with Gasteiger partial charge in [0.05, 0.1) is 26.1 Å². The normalized spacial score (nSPS) is 24.2. The number of anilines is 1. The number of ether oxygens (including phenoxy) is 2. The highest BCUT2D eigenvalue weighted by Gasteiger charge is 2.70. The maximum Gasteiger partial charge on any atom is 0.250 e. The number of fused-ring (bicyclic) bond motifs is 4. The second kappa shape index (κ2) is 10.4. The quantitative estimate of drug-likeness (QED) is 0.239. The summed E-state index contributed by atoms with van der Waals surface area (Å²) in [5.41, 5.74) is 2.40. The Bertz CT molecular complexity index is 1600. The van der Waals surface area contributed by atoms with E-state index in [1.54, 1.807) is 26.4 Å². The third-order valence-corrected chi connectivity index (χ3v) is 8.85. The maximum atomic E-state index is 14.2. The number of likely N-dealkylation sites (tertiary alicyclic amines) is 1. The van der Waals surface area contributed by atoms with Gasteiger partial charge in [0, 0.05) is 23.8 Å². The zero-order valence-electron chi connectivity index (χ0n) is 23.6. The minimum Gasteiger partial charge on any atom is -0.504 e. The highest BCUT2D eigenvalue weighted by Crippen LogP contribution is 2.53. The molecular weight excluding hydrogens is 538 g/mol. The summed E-state index contributed by atoms with van der Waals surface area (Å²) >= 11 is 0. The van der Waals surface area contributed by atoms with Gasteiger partial charge in [0.2, 0.25) is 17.7 Å². The average Bonchev–Trinajstić information content (AvgIpc) is 3.57. The first-order chi connectivity index (χ1) is 20.2. The van der Waals surface area contributed by atoms with Gasteiger partial charge in [0.15, 0.2) is 23.0 Å². The van der Waals surface area contributed by atoms with Crippen LogP contribution in [0.15, 0.2) is 54.6 Å². The Morgan fingerprint density at radius 1 is 0.857 bits per heavy atom. The second-order valence-corrected chi connectivity index (χ2v) is 11.0. The number of carbonyl (C=O) groups excluding carboxylic acids is 3. The number of hydrogen-bond acceptors (Lipinski definition) is 8. The van der Waals surface area contributed by atoms with Crippen molar-refractivity contribution in [1.29, 1.82) is 0 Å². The number of hydrogen-bond donors (Lipinski definition) is 4. The van der Waals surface area contributed by atoms with E-state index in [1.165, 1.54) is 17.0 Å². The van der Waals surface area contributed by atoms with Crippen molar-refractivity contribution in [2.24, 2.45) is 11.8 Å². The van der Waals surface area contributed by atoms with Crippen LogP contribution in [0.1, 0.15) is 29.2 Å². The SMILES string of the molecule is CCc1ccc2c(c1)[C@]1(N[C@@H](Cc3ccc(O)c(O)c3)[C@H]3C(=O)N(CCc4ccc(OC)c(OC)c4)C(=O)[C@@H]31)C(=O)N2. The number of phenolic OH excluding ortho intramolecular Hbond substituents is 2. The molecule has 0 unspecified atom stereocenters. The third kappa shape index (κ3) is 4.16. The Morgan fingerprint density at radius 2 is 1.60 bits per heavy atom. The fourth-order valence-corrected chi connectivity index (χ4v) is 6.75. The third-order valence-electron chi connectivity index (χ3n) is 8.85. The van der Waals surface area contributed by atoms with Crippen LogP contribution in [0.4, 0.5) is 5.69 Å². The largest absolute Gasteiger partial charge is 0.504 e. The molecule has 0 aromatic heterocycles. The lowest BCUT2D eigenvalue weighted by Crippen LogP contribution is -2.53. The van der Waals surface area contributed by atoms with Crippen LogP contribution >= 0.6 is 0 Å². The number of rotatable bonds is 8. The number of nitrogens with one attached hydrogen (secondary N) is 2. The molecule has 3 aliphatic rings. The topological polar surface area (TPSA) is 137 Å². The molecule has 42 heavy (non-hydrogen) atoms. The molecule has 0 saturated carbocycles. The molecule has 3 aliphatic heterocycles. The molecule has 0 aliphatic carbocycles. The lowest BCUT2D eigenvalue weighted by molar-refractivity contribution is -0.142. The summed E-state index contributed by atoms with van der Waals surface area (Å²) in [4.78, 5) is 43.3.